The minimum Gasteiger partial charge on any atom is -0.490 e. The maximum Gasteiger partial charge on any atom is 0.245 e. The number of carbonyl (C=O) groups is 1. The van der Waals surface area contributed by atoms with Crippen molar-refractivity contribution in [3.05, 3.63) is 48.9 Å². The molecular weight excluding hydrogens is 292 g/mol. The summed E-state index contributed by atoms with van der Waals surface area (Å²) >= 11 is 0. The largest absolute Gasteiger partial charge is 0.490 e. The third-order valence-electron chi connectivity index (χ3n) is 4.15. The Morgan fingerprint density at radius 3 is 2.61 bits per heavy atom. The van der Waals surface area contributed by atoms with Gasteiger partial charge < -0.3 is 14.2 Å². The van der Waals surface area contributed by atoms with Crippen molar-refractivity contribution in [1.82, 2.24) is 10.1 Å². The quantitative estimate of drug-likeness (QED) is 0.814. The van der Waals surface area contributed by atoms with Crippen molar-refractivity contribution in [1.29, 1.82) is 0 Å². The van der Waals surface area contributed by atoms with Gasteiger partial charge in [-0.05, 0) is 30.7 Å². The van der Waals surface area contributed by atoms with Crippen LogP contribution in [0.4, 0.5) is 0 Å². The van der Waals surface area contributed by atoms with Crippen molar-refractivity contribution in [2.24, 2.45) is 0 Å². The second-order valence-corrected chi connectivity index (χ2v) is 5.67. The van der Waals surface area contributed by atoms with Crippen LogP contribution in [-0.4, -0.2) is 35.2 Å². The van der Waals surface area contributed by atoms with E-state index in [1.165, 1.54) is 6.08 Å². The van der Waals surface area contributed by atoms with Crippen molar-refractivity contribution in [2.75, 3.05) is 13.1 Å². The average Bonchev–Trinajstić information content (AvgIpc) is 3.01. The van der Waals surface area contributed by atoms with E-state index in [0.717, 1.165) is 35.5 Å². The Kier molecular flexibility index (Phi) is 4.46. The van der Waals surface area contributed by atoms with E-state index >= 15 is 0 Å². The van der Waals surface area contributed by atoms with Gasteiger partial charge in [0.2, 0.25) is 5.91 Å². The highest BCUT2D eigenvalue weighted by molar-refractivity contribution is 5.87. The number of aromatic nitrogens is 1. The number of piperidine rings is 1. The summed E-state index contributed by atoms with van der Waals surface area (Å²) in [6.07, 6.45) is 4.91. The molecule has 1 fully saturated rings. The molecule has 1 aromatic carbocycles. The molecule has 1 amide bonds. The Bertz CT molecular complexity index is 683. The van der Waals surface area contributed by atoms with Gasteiger partial charge in [0.25, 0.3) is 0 Å². The molecule has 120 valence electrons. The SMILES string of the molecule is C=CC(=O)N1CCC(Oc2ccc(-c3cnoc3C)cc2)CC1. The first kappa shape index (κ1) is 15.3. The highest BCUT2D eigenvalue weighted by Gasteiger charge is 2.22. The van der Waals surface area contributed by atoms with Crippen LogP contribution < -0.4 is 4.74 Å². The Morgan fingerprint density at radius 1 is 1.35 bits per heavy atom. The van der Waals surface area contributed by atoms with Crippen LogP contribution in [0.5, 0.6) is 5.75 Å². The predicted octanol–water partition coefficient (Wildman–Crippen LogP) is 3.21. The van der Waals surface area contributed by atoms with Gasteiger partial charge >= 0.3 is 0 Å². The number of likely N-dealkylation sites (tertiary alicyclic amines) is 1. The molecule has 3 rings (SSSR count). The van der Waals surface area contributed by atoms with Crippen molar-refractivity contribution < 1.29 is 14.1 Å². The van der Waals surface area contributed by atoms with Crippen molar-refractivity contribution in [3.8, 4) is 16.9 Å². The molecule has 1 aliphatic rings. The fourth-order valence-electron chi connectivity index (χ4n) is 2.80. The highest BCUT2D eigenvalue weighted by Crippen LogP contribution is 2.26. The normalized spacial score (nSPS) is 15.4. The zero-order valence-corrected chi connectivity index (χ0v) is 13.2. The standard InChI is InChI=1S/C18H20N2O3/c1-3-18(21)20-10-8-16(9-11-20)22-15-6-4-14(5-7-15)17-12-19-23-13(17)2/h3-7,12,16H,1,8-11H2,2H3. The molecule has 0 atom stereocenters. The molecule has 2 aromatic rings. The lowest BCUT2D eigenvalue weighted by atomic mass is 10.1. The summed E-state index contributed by atoms with van der Waals surface area (Å²) in [6.45, 7) is 6.85. The van der Waals surface area contributed by atoms with Crippen molar-refractivity contribution in [3.63, 3.8) is 0 Å². The number of hydrogen-bond donors (Lipinski definition) is 0. The summed E-state index contributed by atoms with van der Waals surface area (Å²) in [5.74, 6) is 1.64. The van der Waals surface area contributed by atoms with E-state index in [9.17, 15) is 4.79 Å². The minimum atomic E-state index is -0.00288. The van der Waals surface area contributed by atoms with Crippen LogP contribution in [0, 0.1) is 6.92 Å². The lowest BCUT2D eigenvalue weighted by Crippen LogP contribution is -2.41. The van der Waals surface area contributed by atoms with Gasteiger partial charge in [0.15, 0.2) is 0 Å². The van der Waals surface area contributed by atoms with Crippen LogP contribution in [0.25, 0.3) is 11.1 Å². The molecule has 0 bridgehead atoms. The second-order valence-electron chi connectivity index (χ2n) is 5.67. The van der Waals surface area contributed by atoms with Gasteiger partial charge in [0, 0.05) is 31.5 Å². The summed E-state index contributed by atoms with van der Waals surface area (Å²) in [7, 11) is 0. The highest BCUT2D eigenvalue weighted by atomic mass is 16.5. The van der Waals surface area contributed by atoms with Crippen molar-refractivity contribution >= 4 is 5.91 Å². The van der Waals surface area contributed by atoms with Crippen LogP contribution in [0.2, 0.25) is 0 Å². The number of amides is 1. The van der Waals surface area contributed by atoms with Gasteiger partial charge in [0.1, 0.15) is 17.6 Å². The molecule has 0 spiro atoms. The van der Waals surface area contributed by atoms with Crippen LogP contribution in [0.1, 0.15) is 18.6 Å². The number of carbonyl (C=O) groups excluding carboxylic acids is 1. The summed E-state index contributed by atoms with van der Waals surface area (Å²) in [4.78, 5) is 13.4. The third-order valence-corrected chi connectivity index (χ3v) is 4.15. The molecule has 23 heavy (non-hydrogen) atoms. The summed E-state index contributed by atoms with van der Waals surface area (Å²) in [6, 6.07) is 7.93. The summed E-state index contributed by atoms with van der Waals surface area (Å²) < 4.78 is 11.1. The van der Waals surface area contributed by atoms with Gasteiger partial charge in [-0.2, -0.15) is 0 Å². The van der Waals surface area contributed by atoms with Crippen LogP contribution >= 0.6 is 0 Å². The monoisotopic (exact) mass is 312 g/mol. The van der Waals surface area contributed by atoms with E-state index in [1.807, 2.05) is 36.1 Å². The third kappa shape index (κ3) is 3.44. The molecule has 1 saturated heterocycles. The first-order valence-corrected chi connectivity index (χ1v) is 7.77. The van der Waals surface area contributed by atoms with Crippen LogP contribution in [0.15, 0.2) is 47.6 Å². The van der Waals surface area contributed by atoms with Crippen LogP contribution in [-0.2, 0) is 4.79 Å². The molecule has 5 nitrogen and oxygen atoms in total. The molecule has 5 heteroatoms. The molecule has 1 aromatic heterocycles. The topological polar surface area (TPSA) is 55.6 Å². The van der Waals surface area contributed by atoms with E-state index in [0.29, 0.717) is 13.1 Å². The van der Waals surface area contributed by atoms with Gasteiger partial charge in [-0.1, -0.05) is 23.9 Å². The zero-order valence-electron chi connectivity index (χ0n) is 13.2. The van der Waals surface area contributed by atoms with Gasteiger partial charge in [-0.15, -0.1) is 0 Å². The fraction of sp³-hybridized carbons (Fsp3) is 0.333. The number of ether oxygens (including phenoxy) is 1. The smallest absolute Gasteiger partial charge is 0.245 e. The summed E-state index contributed by atoms with van der Waals surface area (Å²) in [5.41, 5.74) is 2.05. The predicted molar refractivity (Wildman–Crippen MR) is 87.1 cm³/mol. The summed E-state index contributed by atoms with van der Waals surface area (Å²) in [5, 5.41) is 3.80. The Balaban J connectivity index is 1.58. The first-order chi connectivity index (χ1) is 11.2. The molecule has 2 heterocycles. The molecule has 0 unspecified atom stereocenters. The lowest BCUT2D eigenvalue weighted by Gasteiger charge is -2.31. The average molecular weight is 312 g/mol. The number of nitrogens with zero attached hydrogens (tertiary/aromatic N) is 2. The lowest BCUT2D eigenvalue weighted by molar-refractivity contribution is -0.127. The Hall–Kier alpha value is -2.56. The first-order valence-electron chi connectivity index (χ1n) is 7.77. The van der Waals surface area contributed by atoms with E-state index in [2.05, 4.69) is 11.7 Å². The molecule has 0 saturated carbocycles. The maximum atomic E-state index is 11.6. The molecule has 1 aliphatic heterocycles. The van der Waals surface area contributed by atoms with Crippen LogP contribution in [0.3, 0.4) is 0 Å². The zero-order chi connectivity index (χ0) is 16.2. The second kappa shape index (κ2) is 6.69. The molecule has 0 N–H and O–H groups in total. The van der Waals surface area contributed by atoms with Gasteiger partial charge in [-0.3, -0.25) is 4.79 Å². The van der Waals surface area contributed by atoms with Gasteiger partial charge in [-0.25, -0.2) is 0 Å². The number of benzene rings is 1. The van der Waals surface area contributed by atoms with E-state index < -0.39 is 0 Å². The number of aryl methyl sites for hydroxylation is 1. The Labute approximate surface area is 135 Å². The van der Waals surface area contributed by atoms with Crippen molar-refractivity contribution in [2.45, 2.75) is 25.9 Å². The molecular formula is C18H20N2O3. The number of hydrogen-bond acceptors (Lipinski definition) is 4. The molecule has 0 aliphatic carbocycles. The van der Waals surface area contributed by atoms with Gasteiger partial charge in [0.05, 0.1) is 6.20 Å². The fourth-order valence-corrected chi connectivity index (χ4v) is 2.80. The number of rotatable bonds is 4. The minimum absolute atomic E-state index is 0.00288. The van der Waals surface area contributed by atoms with E-state index in [4.69, 9.17) is 9.26 Å². The Morgan fingerprint density at radius 2 is 2.04 bits per heavy atom. The van der Waals surface area contributed by atoms with E-state index in [-0.39, 0.29) is 12.0 Å². The maximum absolute atomic E-state index is 11.6. The molecule has 0 radical (unpaired) electrons. The van der Waals surface area contributed by atoms with E-state index in [1.54, 1.807) is 6.20 Å².